The molecule has 1 N–H and O–H groups in total. The van der Waals surface area contributed by atoms with E-state index in [-0.39, 0.29) is 5.91 Å². The molecule has 0 saturated heterocycles. The molecule has 0 aliphatic carbocycles. The first-order valence-electron chi connectivity index (χ1n) is 8.54. The lowest BCUT2D eigenvalue weighted by molar-refractivity contribution is 0.0938. The number of hydrogen-bond acceptors (Lipinski definition) is 4. The summed E-state index contributed by atoms with van der Waals surface area (Å²) in [5.41, 5.74) is 3.99. The van der Waals surface area contributed by atoms with E-state index in [9.17, 15) is 4.79 Å². The number of nitrogens with zero attached hydrogens (tertiary/aromatic N) is 3. The van der Waals surface area contributed by atoms with Gasteiger partial charge in [0.05, 0.1) is 29.7 Å². The van der Waals surface area contributed by atoms with Gasteiger partial charge in [0.1, 0.15) is 11.5 Å². The van der Waals surface area contributed by atoms with Crippen molar-refractivity contribution in [1.29, 1.82) is 0 Å². The Hall–Kier alpha value is -2.58. The lowest BCUT2D eigenvalue weighted by Crippen LogP contribution is -2.27. The third-order valence-electron chi connectivity index (χ3n) is 4.60. The number of halogens is 1. The maximum absolute atomic E-state index is 12.8. The number of imidazole rings is 1. The number of furan rings is 1. The Morgan fingerprint density at radius 3 is 2.89 bits per heavy atom. The first-order valence-corrected chi connectivity index (χ1v) is 9.34. The second kappa shape index (κ2) is 7.21. The van der Waals surface area contributed by atoms with E-state index in [2.05, 4.69) is 26.2 Å². The van der Waals surface area contributed by atoms with Crippen molar-refractivity contribution in [2.24, 2.45) is 7.05 Å². The monoisotopic (exact) mass is 430 g/mol. The molecule has 0 spiro atoms. The Labute approximate surface area is 164 Å². The van der Waals surface area contributed by atoms with E-state index in [0.29, 0.717) is 35.6 Å². The van der Waals surface area contributed by atoms with Gasteiger partial charge in [-0.1, -0.05) is 12.1 Å². The van der Waals surface area contributed by atoms with Crippen LogP contribution < -0.4 is 5.32 Å². The number of ether oxygens (including phenoxy) is 1. The minimum atomic E-state index is -0.180. The van der Waals surface area contributed by atoms with E-state index in [1.807, 2.05) is 46.5 Å². The Morgan fingerprint density at radius 2 is 2.11 bits per heavy atom. The third-order valence-corrected chi connectivity index (χ3v) is 4.99. The van der Waals surface area contributed by atoms with Gasteiger partial charge in [-0.15, -0.1) is 0 Å². The van der Waals surface area contributed by atoms with Gasteiger partial charge in [0.2, 0.25) is 0 Å². The first-order chi connectivity index (χ1) is 13.1. The van der Waals surface area contributed by atoms with Gasteiger partial charge in [-0.3, -0.25) is 4.79 Å². The molecule has 0 aliphatic heterocycles. The van der Waals surface area contributed by atoms with Crippen molar-refractivity contribution in [3.05, 3.63) is 52.6 Å². The van der Waals surface area contributed by atoms with Crippen LogP contribution in [0.5, 0.6) is 0 Å². The van der Waals surface area contributed by atoms with E-state index < -0.39 is 0 Å². The second-order valence-electron chi connectivity index (χ2n) is 6.23. The predicted molar refractivity (Wildman–Crippen MR) is 106 cm³/mol. The number of benzene rings is 1. The molecule has 0 atom stereocenters. The molecule has 27 heavy (non-hydrogen) atoms. The van der Waals surface area contributed by atoms with Crippen LogP contribution in [0.2, 0.25) is 0 Å². The molecule has 140 valence electrons. The van der Waals surface area contributed by atoms with Crippen molar-refractivity contribution in [2.45, 2.75) is 13.1 Å². The van der Waals surface area contributed by atoms with Gasteiger partial charge >= 0.3 is 0 Å². The Balaban J connectivity index is 1.58. The summed E-state index contributed by atoms with van der Waals surface area (Å²) in [6.07, 6.45) is 0. The van der Waals surface area contributed by atoms with Crippen molar-refractivity contribution < 1.29 is 13.9 Å². The van der Waals surface area contributed by atoms with Crippen LogP contribution in [0.25, 0.3) is 22.1 Å². The molecule has 0 radical (unpaired) electrons. The van der Waals surface area contributed by atoms with Crippen LogP contribution in [0.3, 0.4) is 0 Å². The Morgan fingerprint density at radius 1 is 1.30 bits per heavy atom. The second-order valence-corrected chi connectivity index (χ2v) is 7.01. The van der Waals surface area contributed by atoms with E-state index >= 15 is 0 Å². The van der Waals surface area contributed by atoms with Crippen molar-refractivity contribution in [3.63, 3.8) is 0 Å². The third kappa shape index (κ3) is 3.26. The topological polar surface area (TPSA) is 74.2 Å². The SMILES string of the molecule is COCCn1c(C(=O)NCc2nc3ccccc3n2C)cc2oc(Br)cc21. The quantitative estimate of drug-likeness (QED) is 0.508. The van der Waals surface area contributed by atoms with Gasteiger partial charge in [0.25, 0.3) is 5.91 Å². The van der Waals surface area contributed by atoms with Gasteiger partial charge in [-0.2, -0.15) is 0 Å². The summed E-state index contributed by atoms with van der Waals surface area (Å²) in [5.74, 6) is 0.617. The zero-order valence-corrected chi connectivity index (χ0v) is 16.6. The molecule has 1 aromatic carbocycles. The molecule has 0 fully saturated rings. The van der Waals surface area contributed by atoms with Crippen molar-refractivity contribution in [1.82, 2.24) is 19.4 Å². The fourth-order valence-corrected chi connectivity index (χ4v) is 3.62. The molecular formula is C19H19BrN4O3. The number of methoxy groups -OCH3 is 1. The van der Waals surface area contributed by atoms with Gasteiger partial charge in [0, 0.05) is 32.8 Å². The zero-order chi connectivity index (χ0) is 19.0. The lowest BCUT2D eigenvalue weighted by Gasteiger charge is -2.10. The van der Waals surface area contributed by atoms with Crippen LogP contribution in [0.4, 0.5) is 0 Å². The first kappa shape index (κ1) is 17.8. The van der Waals surface area contributed by atoms with Gasteiger partial charge in [-0.25, -0.2) is 4.98 Å². The summed E-state index contributed by atoms with van der Waals surface area (Å²) >= 11 is 3.33. The molecular weight excluding hydrogens is 412 g/mol. The Kier molecular flexibility index (Phi) is 4.75. The highest BCUT2D eigenvalue weighted by molar-refractivity contribution is 9.10. The number of carbonyl (C=O) groups is 1. The summed E-state index contributed by atoms with van der Waals surface area (Å²) in [4.78, 5) is 17.4. The molecule has 8 heteroatoms. The maximum Gasteiger partial charge on any atom is 0.268 e. The fourth-order valence-electron chi connectivity index (χ4n) is 3.23. The van der Waals surface area contributed by atoms with Crippen LogP contribution in [0.15, 0.2) is 45.5 Å². The highest BCUT2D eigenvalue weighted by Crippen LogP contribution is 2.27. The van der Waals surface area contributed by atoms with E-state index in [1.165, 1.54) is 0 Å². The number of nitrogens with one attached hydrogen (secondary N) is 1. The molecule has 7 nitrogen and oxygen atoms in total. The van der Waals surface area contributed by atoms with E-state index in [0.717, 1.165) is 22.4 Å². The number of aromatic nitrogens is 3. The molecule has 0 unspecified atom stereocenters. The zero-order valence-electron chi connectivity index (χ0n) is 15.0. The minimum absolute atomic E-state index is 0.180. The number of rotatable bonds is 6. The molecule has 0 bridgehead atoms. The molecule has 4 aromatic rings. The number of hydrogen-bond donors (Lipinski definition) is 1. The van der Waals surface area contributed by atoms with Crippen LogP contribution >= 0.6 is 15.9 Å². The van der Waals surface area contributed by atoms with Crippen LogP contribution in [0.1, 0.15) is 16.3 Å². The van der Waals surface area contributed by atoms with E-state index in [1.54, 1.807) is 13.2 Å². The average molecular weight is 431 g/mol. The standard InChI is InChI=1S/C19H19BrN4O3/c1-23-13-6-4-3-5-12(13)22-18(23)11-21-19(25)15-9-16-14(10-17(20)27-16)24(15)7-8-26-2/h3-6,9-10H,7-8,11H2,1-2H3,(H,21,25). The number of aryl methyl sites for hydroxylation is 1. The smallest absolute Gasteiger partial charge is 0.268 e. The summed E-state index contributed by atoms with van der Waals surface area (Å²) < 4.78 is 15.3. The molecule has 0 aliphatic rings. The van der Waals surface area contributed by atoms with Crippen molar-refractivity contribution in [2.75, 3.05) is 13.7 Å². The number of fused-ring (bicyclic) bond motifs is 2. The molecule has 3 heterocycles. The van der Waals surface area contributed by atoms with Crippen molar-refractivity contribution in [3.8, 4) is 0 Å². The maximum atomic E-state index is 12.8. The summed E-state index contributed by atoms with van der Waals surface area (Å²) in [6.45, 7) is 1.39. The number of para-hydroxylation sites is 2. The minimum Gasteiger partial charge on any atom is -0.448 e. The highest BCUT2D eigenvalue weighted by Gasteiger charge is 2.19. The normalized spacial score (nSPS) is 11.5. The summed E-state index contributed by atoms with van der Waals surface area (Å²) in [7, 11) is 3.58. The fraction of sp³-hybridized carbons (Fsp3) is 0.263. The van der Waals surface area contributed by atoms with Crippen molar-refractivity contribution >= 4 is 44.0 Å². The summed E-state index contributed by atoms with van der Waals surface area (Å²) in [6, 6.07) is 11.5. The highest BCUT2D eigenvalue weighted by atomic mass is 79.9. The largest absolute Gasteiger partial charge is 0.448 e. The molecule has 0 saturated carbocycles. The van der Waals surface area contributed by atoms with Gasteiger partial charge in [0.15, 0.2) is 10.3 Å². The number of carbonyl (C=O) groups excluding carboxylic acids is 1. The molecule has 4 rings (SSSR count). The van der Waals surface area contributed by atoms with Crippen LogP contribution in [0, 0.1) is 0 Å². The van der Waals surface area contributed by atoms with Crippen LogP contribution in [-0.2, 0) is 24.9 Å². The molecule has 1 amide bonds. The Bertz CT molecular complexity index is 1130. The van der Waals surface area contributed by atoms with Crippen LogP contribution in [-0.4, -0.2) is 33.7 Å². The van der Waals surface area contributed by atoms with Gasteiger partial charge in [-0.05, 0) is 28.1 Å². The predicted octanol–water partition coefficient (Wildman–Crippen LogP) is 3.46. The van der Waals surface area contributed by atoms with Gasteiger partial charge < -0.3 is 23.6 Å². The van der Waals surface area contributed by atoms with E-state index in [4.69, 9.17) is 9.15 Å². The molecule has 3 aromatic heterocycles. The lowest BCUT2D eigenvalue weighted by atomic mass is 10.3. The summed E-state index contributed by atoms with van der Waals surface area (Å²) in [5, 5.41) is 2.96. The number of amides is 1. The average Bonchev–Trinajstić information content (AvgIpc) is 3.29.